The summed E-state index contributed by atoms with van der Waals surface area (Å²) in [5.74, 6) is 0. The second kappa shape index (κ2) is 5.34. The van der Waals surface area contributed by atoms with Crippen molar-refractivity contribution in [2.24, 2.45) is 0 Å². The minimum Gasteiger partial charge on any atom is -0.444 e. The molecule has 3 rings (SSSR count). The summed E-state index contributed by atoms with van der Waals surface area (Å²) in [6.45, 7) is 6.59. The molecule has 3 unspecified atom stereocenters. The van der Waals surface area contributed by atoms with E-state index in [0.29, 0.717) is 18.1 Å². The molecule has 0 bridgehead atoms. The van der Waals surface area contributed by atoms with Gasteiger partial charge in [0.1, 0.15) is 5.60 Å². The first-order chi connectivity index (χ1) is 9.96. The average molecular weight is 288 g/mol. The van der Waals surface area contributed by atoms with E-state index >= 15 is 0 Å². The van der Waals surface area contributed by atoms with Gasteiger partial charge in [-0.15, -0.1) is 0 Å². The lowest BCUT2D eigenvalue weighted by atomic mass is 10.2. The molecule has 2 fully saturated rings. The molecule has 1 aliphatic heterocycles. The lowest BCUT2D eigenvalue weighted by molar-refractivity contribution is 0.0374. The molecule has 21 heavy (non-hydrogen) atoms. The number of likely N-dealkylation sites (tertiary alicyclic amines) is 1. The fourth-order valence-electron chi connectivity index (χ4n) is 3.23. The molecule has 1 aliphatic carbocycles. The second-order valence-electron chi connectivity index (χ2n) is 7.00. The first-order valence-electron chi connectivity index (χ1n) is 7.74. The van der Waals surface area contributed by atoms with Gasteiger partial charge < -0.3 is 10.1 Å². The molecular weight excluding hydrogens is 264 g/mol. The molecule has 1 saturated heterocycles. The summed E-state index contributed by atoms with van der Waals surface area (Å²) in [7, 11) is 0. The zero-order chi connectivity index (χ0) is 15.0. The van der Waals surface area contributed by atoms with Gasteiger partial charge in [-0.3, -0.25) is 4.90 Å². The number of ether oxygens (including phenoxy) is 1. The molecule has 3 atom stereocenters. The zero-order valence-corrected chi connectivity index (χ0v) is 13.0. The SMILES string of the molecule is CC(C)(C)OC(=O)N1C2CCC(NCc3ccccc3)C21. The summed E-state index contributed by atoms with van der Waals surface area (Å²) in [5.41, 5.74) is 0.867. The van der Waals surface area contributed by atoms with Crippen molar-refractivity contribution in [1.29, 1.82) is 0 Å². The highest BCUT2D eigenvalue weighted by Gasteiger charge is 2.59. The van der Waals surface area contributed by atoms with E-state index in [2.05, 4.69) is 29.6 Å². The smallest absolute Gasteiger partial charge is 0.410 e. The van der Waals surface area contributed by atoms with E-state index in [1.165, 1.54) is 5.56 Å². The highest BCUT2D eigenvalue weighted by atomic mass is 16.6. The number of nitrogens with zero attached hydrogens (tertiary/aromatic N) is 1. The summed E-state index contributed by atoms with van der Waals surface area (Å²) < 4.78 is 5.47. The Hall–Kier alpha value is -1.55. The van der Waals surface area contributed by atoms with E-state index in [0.717, 1.165) is 19.4 Å². The van der Waals surface area contributed by atoms with E-state index in [1.807, 2.05) is 31.7 Å². The van der Waals surface area contributed by atoms with Gasteiger partial charge in [0.25, 0.3) is 0 Å². The number of rotatable bonds is 3. The maximum atomic E-state index is 12.1. The molecule has 4 heteroatoms. The van der Waals surface area contributed by atoms with Gasteiger partial charge in [0.2, 0.25) is 0 Å². The van der Waals surface area contributed by atoms with Crippen LogP contribution in [0.25, 0.3) is 0 Å². The van der Waals surface area contributed by atoms with Crippen molar-refractivity contribution in [2.45, 2.75) is 63.9 Å². The molecule has 1 heterocycles. The zero-order valence-electron chi connectivity index (χ0n) is 13.0. The standard InChI is InChI=1S/C17H24N2O2/c1-17(2,3)21-16(20)19-14-10-9-13(15(14)19)18-11-12-7-5-4-6-8-12/h4-8,13-15,18H,9-11H2,1-3H3. The monoisotopic (exact) mass is 288 g/mol. The van der Waals surface area contributed by atoms with Crippen LogP contribution in [0, 0.1) is 0 Å². The molecule has 1 saturated carbocycles. The van der Waals surface area contributed by atoms with Crippen molar-refractivity contribution in [3.8, 4) is 0 Å². The minimum atomic E-state index is -0.416. The largest absolute Gasteiger partial charge is 0.444 e. The van der Waals surface area contributed by atoms with Gasteiger partial charge in [-0.05, 0) is 39.2 Å². The number of benzene rings is 1. The third kappa shape index (κ3) is 3.21. The Balaban J connectivity index is 1.52. The van der Waals surface area contributed by atoms with Gasteiger partial charge in [0.05, 0.1) is 12.1 Å². The van der Waals surface area contributed by atoms with Crippen molar-refractivity contribution in [3.63, 3.8) is 0 Å². The highest BCUT2D eigenvalue weighted by molar-refractivity contribution is 5.73. The Morgan fingerprint density at radius 2 is 2.00 bits per heavy atom. The Morgan fingerprint density at radius 1 is 1.29 bits per heavy atom. The van der Waals surface area contributed by atoms with Gasteiger partial charge >= 0.3 is 6.09 Å². The van der Waals surface area contributed by atoms with Crippen LogP contribution in [0.4, 0.5) is 4.79 Å². The molecule has 1 aromatic carbocycles. The molecule has 1 aromatic rings. The van der Waals surface area contributed by atoms with Crippen LogP contribution in [-0.4, -0.2) is 34.7 Å². The van der Waals surface area contributed by atoms with Crippen molar-refractivity contribution in [3.05, 3.63) is 35.9 Å². The fourth-order valence-corrected chi connectivity index (χ4v) is 3.23. The normalized spacial score (nSPS) is 27.4. The Bertz CT molecular complexity index is 509. The summed E-state index contributed by atoms with van der Waals surface area (Å²) in [6, 6.07) is 11.5. The lowest BCUT2D eigenvalue weighted by Gasteiger charge is -2.22. The number of hydrogen-bond acceptors (Lipinski definition) is 3. The van der Waals surface area contributed by atoms with E-state index in [-0.39, 0.29) is 6.09 Å². The predicted molar refractivity (Wildman–Crippen MR) is 82.0 cm³/mol. The number of carbonyl (C=O) groups is 1. The van der Waals surface area contributed by atoms with E-state index < -0.39 is 5.60 Å². The maximum absolute atomic E-state index is 12.1. The molecule has 4 nitrogen and oxygen atoms in total. The summed E-state index contributed by atoms with van der Waals surface area (Å²) >= 11 is 0. The average Bonchev–Trinajstić information content (AvgIpc) is 3.00. The summed E-state index contributed by atoms with van der Waals surface area (Å²) in [4.78, 5) is 14.0. The molecular formula is C17H24N2O2. The Labute approximate surface area is 126 Å². The highest BCUT2D eigenvalue weighted by Crippen LogP contribution is 2.43. The van der Waals surface area contributed by atoms with E-state index in [9.17, 15) is 4.79 Å². The number of nitrogens with one attached hydrogen (secondary N) is 1. The number of piperidine rings is 1. The van der Waals surface area contributed by atoms with E-state index in [4.69, 9.17) is 4.74 Å². The summed E-state index contributed by atoms with van der Waals surface area (Å²) in [5, 5.41) is 3.59. The number of fused-ring (bicyclic) bond motifs is 1. The van der Waals surface area contributed by atoms with Crippen molar-refractivity contribution in [2.75, 3.05) is 0 Å². The summed E-state index contributed by atoms with van der Waals surface area (Å²) in [6.07, 6.45) is 2.06. The molecule has 1 N–H and O–H groups in total. The first-order valence-corrected chi connectivity index (χ1v) is 7.74. The fraction of sp³-hybridized carbons (Fsp3) is 0.588. The molecule has 114 valence electrons. The molecule has 0 spiro atoms. The Kier molecular flexibility index (Phi) is 3.66. The quantitative estimate of drug-likeness (QED) is 0.870. The van der Waals surface area contributed by atoms with Gasteiger partial charge in [0, 0.05) is 12.6 Å². The van der Waals surface area contributed by atoms with Crippen LogP contribution in [0.1, 0.15) is 39.2 Å². The lowest BCUT2D eigenvalue weighted by Crippen LogP contribution is -2.37. The van der Waals surface area contributed by atoms with Gasteiger partial charge in [0.15, 0.2) is 0 Å². The first kappa shape index (κ1) is 14.4. The molecule has 0 aromatic heterocycles. The van der Waals surface area contributed by atoms with Gasteiger partial charge in [-0.25, -0.2) is 4.79 Å². The third-order valence-corrected chi connectivity index (χ3v) is 4.18. The van der Waals surface area contributed by atoms with Crippen molar-refractivity contribution in [1.82, 2.24) is 10.2 Å². The van der Waals surface area contributed by atoms with Gasteiger partial charge in [-0.1, -0.05) is 30.3 Å². The molecule has 2 aliphatic rings. The molecule has 0 radical (unpaired) electrons. The van der Waals surface area contributed by atoms with Crippen LogP contribution in [0.2, 0.25) is 0 Å². The second-order valence-corrected chi connectivity index (χ2v) is 7.00. The number of carbonyl (C=O) groups excluding carboxylic acids is 1. The van der Waals surface area contributed by atoms with Crippen LogP contribution >= 0.6 is 0 Å². The van der Waals surface area contributed by atoms with Crippen molar-refractivity contribution < 1.29 is 9.53 Å². The minimum absolute atomic E-state index is 0.163. The Morgan fingerprint density at radius 3 is 2.67 bits per heavy atom. The van der Waals surface area contributed by atoms with Crippen molar-refractivity contribution >= 4 is 6.09 Å². The third-order valence-electron chi connectivity index (χ3n) is 4.18. The van der Waals surface area contributed by atoms with E-state index in [1.54, 1.807) is 0 Å². The topological polar surface area (TPSA) is 41.3 Å². The molecule has 1 amide bonds. The van der Waals surface area contributed by atoms with Crippen LogP contribution in [0.15, 0.2) is 30.3 Å². The van der Waals surface area contributed by atoms with Crippen LogP contribution < -0.4 is 5.32 Å². The van der Waals surface area contributed by atoms with Crippen LogP contribution in [0.5, 0.6) is 0 Å². The number of hydrogen-bond donors (Lipinski definition) is 1. The van der Waals surface area contributed by atoms with Crippen LogP contribution in [-0.2, 0) is 11.3 Å². The maximum Gasteiger partial charge on any atom is 0.410 e. The number of amides is 1. The van der Waals surface area contributed by atoms with Crippen LogP contribution in [0.3, 0.4) is 0 Å². The van der Waals surface area contributed by atoms with Gasteiger partial charge in [-0.2, -0.15) is 0 Å². The predicted octanol–water partition coefficient (Wildman–Crippen LogP) is 2.93.